The smallest absolute Gasteiger partial charge is 0.417 e. The molecule has 1 aromatic heterocycles. The van der Waals surface area contributed by atoms with Crippen LogP contribution in [0.4, 0.5) is 18.9 Å². The number of carbonyl (C=O) groups is 1. The number of nitro groups is 1. The van der Waals surface area contributed by atoms with E-state index in [9.17, 15) is 28.1 Å². The van der Waals surface area contributed by atoms with Gasteiger partial charge in [-0.2, -0.15) is 23.5 Å². The maximum atomic E-state index is 13.2. The Morgan fingerprint density at radius 3 is 2.65 bits per heavy atom. The minimum absolute atomic E-state index is 0.0475. The van der Waals surface area contributed by atoms with Crippen LogP contribution in [0, 0.1) is 10.1 Å². The molecule has 0 saturated carbocycles. The molecule has 11 heteroatoms. The van der Waals surface area contributed by atoms with E-state index in [0.29, 0.717) is 6.07 Å². The highest BCUT2D eigenvalue weighted by atomic mass is 19.4. The van der Waals surface area contributed by atoms with Crippen LogP contribution in [0.2, 0.25) is 0 Å². The molecule has 0 unspecified atom stereocenters. The van der Waals surface area contributed by atoms with Crippen LogP contribution in [0.1, 0.15) is 23.0 Å². The average molecular weight is 330 g/mol. The minimum atomic E-state index is -4.88. The standard InChI is InChI=1S/C12H9F3N4O4/c1-2-23-11(20)10-9(16-18-17-10)8-6(12(13,14)15)4-3-5-7(8)19(21)22/h3-5H,2H2,1H3,(H,16,17,18). The topological polar surface area (TPSA) is 111 Å². The van der Waals surface area contributed by atoms with Crippen LogP contribution in [-0.4, -0.2) is 32.9 Å². The lowest BCUT2D eigenvalue weighted by Gasteiger charge is -2.11. The van der Waals surface area contributed by atoms with Gasteiger partial charge in [0.25, 0.3) is 5.69 Å². The summed E-state index contributed by atoms with van der Waals surface area (Å²) in [4.78, 5) is 21.8. The van der Waals surface area contributed by atoms with Crippen molar-refractivity contribution in [3.63, 3.8) is 0 Å². The summed E-state index contributed by atoms with van der Waals surface area (Å²) in [7, 11) is 0. The van der Waals surface area contributed by atoms with Crippen molar-refractivity contribution < 1.29 is 27.6 Å². The van der Waals surface area contributed by atoms with Gasteiger partial charge < -0.3 is 4.74 Å². The first-order chi connectivity index (χ1) is 10.8. The third-order valence-corrected chi connectivity index (χ3v) is 2.80. The van der Waals surface area contributed by atoms with Gasteiger partial charge in [-0.15, -0.1) is 5.10 Å². The molecule has 1 heterocycles. The summed E-state index contributed by atoms with van der Waals surface area (Å²) in [5.74, 6) is -1.04. The molecular formula is C12H9F3N4O4. The molecule has 0 aliphatic carbocycles. The van der Waals surface area contributed by atoms with E-state index in [2.05, 4.69) is 14.9 Å². The number of aromatic amines is 1. The van der Waals surface area contributed by atoms with E-state index in [4.69, 9.17) is 0 Å². The second-order valence-electron chi connectivity index (χ2n) is 4.20. The largest absolute Gasteiger partial charge is 0.461 e. The zero-order chi connectivity index (χ0) is 17.2. The number of nitro benzene ring substituents is 1. The van der Waals surface area contributed by atoms with Crippen LogP contribution in [-0.2, 0) is 10.9 Å². The number of alkyl halides is 3. The number of rotatable bonds is 4. The van der Waals surface area contributed by atoms with E-state index < -0.39 is 45.3 Å². The molecule has 0 amide bonds. The molecule has 1 aromatic carbocycles. The first kappa shape index (κ1) is 16.4. The molecule has 0 radical (unpaired) electrons. The fraction of sp³-hybridized carbons (Fsp3) is 0.250. The Bertz CT molecular complexity index is 757. The second kappa shape index (κ2) is 6.02. The summed E-state index contributed by atoms with van der Waals surface area (Å²) >= 11 is 0. The Morgan fingerprint density at radius 1 is 1.39 bits per heavy atom. The van der Waals surface area contributed by atoms with Gasteiger partial charge in [-0.05, 0) is 13.0 Å². The fourth-order valence-electron chi connectivity index (χ4n) is 1.92. The lowest BCUT2D eigenvalue weighted by Crippen LogP contribution is -2.12. The molecule has 2 rings (SSSR count). The molecule has 0 aliphatic heterocycles. The molecule has 0 spiro atoms. The Morgan fingerprint density at radius 2 is 2.09 bits per heavy atom. The molecule has 0 fully saturated rings. The lowest BCUT2D eigenvalue weighted by atomic mass is 10.0. The van der Waals surface area contributed by atoms with Crippen molar-refractivity contribution in [1.82, 2.24) is 15.4 Å². The predicted molar refractivity (Wildman–Crippen MR) is 69.4 cm³/mol. The number of hydrogen-bond acceptors (Lipinski definition) is 6. The quantitative estimate of drug-likeness (QED) is 0.524. The molecule has 2 aromatic rings. The number of aromatic nitrogens is 3. The van der Waals surface area contributed by atoms with Crippen molar-refractivity contribution in [2.45, 2.75) is 13.1 Å². The van der Waals surface area contributed by atoms with Crippen LogP contribution in [0.5, 0.6) is 0 Å². The zero-order valence-corrected chi connectivity index (χ0v) is 11.5. The highest BCUT2D eigenvalue weighted by Crippen LogP contribution is 2.41. The van der Waals surface area contributed by atoms with E-state index in [1.807, 2.05) is 5.21 Å². The number of benzene rings is 1. The first-order valence-electron chi connectivity index (χ1n) is 6.20. The highest BCUT2D eigenvalue weighted by Gasteiger charge is 2.39. The van der Waals surface area contributed by atoms with Crippen molar-refractivity contribution in [3.8, 4) is 11.3 Å². The van der Waals surface area contributed by atoms with Gasteiger partial charge in [0.2, 0.25) is 0 Å². The summed E-state index contributed by atoms with van der Waals surface area (Å²) < 4.78 is 44.2. The summed E-state index contributed by atoms with van der Waals surface area (Å²) in [6, 6.07) is 2.44. The van der Waals surface area contributed by atoms with Gasteiger partial charge >= 0.3 is 12.1 Å². The van der Waals surface area contributed by atoms with Gasteiger partial charge in [-0.3, -0.25) is 10.1 Å². The Labute approximate surface area is 126 Å². The van der Waals surface area contributed by atoms with Crippen LogP contribution in [0.25, 0.3) is 11.3 Å². The van der Waals surface area contributed by atoms with E-state index >= 15 is 0 Å². The van der Waals surface area contributed by atoms with Crippen molar-refractivity contribution in [1.29, 1.82) is 0 Å². The third kappa shape index (κ3) is 3.12. The van der Waals surface area contributed by atoms with Gasteiger partial charge in [-0.25, -0.2) is 4.79 Å². The van der Waals surface area contributed by atoms with Crippen LogP contribution < -0.4 is 0 Å². The van der Waals surface area contributed by atoms with Crippen LogP contribution >= 0.6 is 0 Å². The molecule has 8 nitrogen and oxygen atoms in total. The number of nitrogens with one attached hydrogen (secondary N) is 1. The van der Waals surface area contributed by atoms with E-state index in [-0.39, 0.29) is 6.61 Å². The molecule has 0 aliphatic rings. The van der Waals surface area contributed by atoms with Gasteiger partial charge in [0.1, 0.15) is 5.69 Å². The zero-order valence-electron chi connectivity index (χ0n) is 11.5. The fourth-order valence-corrected chi connectivity index (χ4v) is 1.92. The summed E-state index contributed by atoms with van der Waals surface area (Å²) in [5.41, 5.74) is -4.15. The maximum absolute atomic E-state index is 13.2. The van der Waals surface area contributed by atoms with Gasteiger partial charge in [0.15, 0.2) is 5.69 Å². The first-order valence-corrected chi connectivity index (χ1v) is 6.20. The highest BCUT2D eigenvalue weighted by molar-refractivity contribution is 5.96. The number of esters is 1. The second-order valence-corrected chi connectivity index (χ2v) is 4.20. The molecule has 122 valence electrons. The lowest BCUT2D eigenvalue weighted by molar-refractivity contribution is -0.384. The van der Waals surface area contributed by atoms with Crippen molar-refractivity contribution in [2.24, 2.45) is 0 Å². The molecule has 23 heavy (non-hydrogen) atoms. The maximum Gasteiger partial charge on any atom is 0.417 e. The third-order valence-electron chi connectivity index (χ3n) is 2.80. The average Bonchev–Trinajstić information content (AvgIpc) is 2.94. The van der Waals surface area contributed by atoms with E-state index in [0.717, 1.165) is 12.1 Å². The van der Waals surface area contributed by atoms with Crippen LogP contribution in [0.3, 0.4) is 0 Å². The monoisotopic (exact) mass is 330 g/mol. The number of halogens is 3. The van der Waals surface area contributed by atoms with Gasteiger partial charge in [0, 0.05) is 6.07 Å². The summed E-state index contributed by atoms with van der Waals surface area (Å²) in [6.45, 7) is 1.44. The Hall–Kier alpha value is -2.98. The van der Waals surface area contributed by atoms with Crippen molar-refractivity contribution in [3.05, 3.63) is 39.6 Å². The summed E-state index contributed by atoms with van der Waals surface area (Å²) in [5, 5.41) is 20.0. The van der Waals surface area contributed by atoms with Crippen molar-refractivity contribution in [2.75, 3.05) is 6.61 Å². The molecule has 0 atom stereocenters. The normalized spacial score (nSPS) is 11.3. The number of nitrogens with zero attached hydrogens (tertiary/aromatic N) is 3. The summed E-state index contributed by atoms with van der Waals surface area (Å²) in [6.07, 6.45) is -4.88. The minimum Gasteiger partial charge on any atom is -0.461 e. The van der Waals surface area contributed by atoms with Gasteiger partial charge in [0.05, 0.1) is 22.7 Å². The molecule has 1 N–H and O–H groups in total. The Balaban J connectivity index is 2.75. The predicted octanol–water partition coefficient (Wildman–Crippen LogP) is 2.58. The molecule has 0 bridgehead atoms. The van der Waals surface area contributed by atoms with E-state index in [1.54, 1.807) is 0 Å². The Kier molecular flexibility index (Phi) is 4.29. The molecule has 0 saturated heterocycles. The number of ether oxygens (including phenoxy) is 1. The number of hydrogen-bond donors (Lipinski definition) is 1. The van der Waals surface area contributed by atoms with Crippen LogP contribution in [0.15, 0.2) is 18.2 Å². The SMILES string of the molecule is CCOC(=O)c1n[nH]nc1-c1c([N+](=O)[O-])cccc1C(F)(F)F. The molecular weight excluding hydrogens is 321 g/mol. The number of carbonyl (C=O) groups excluding carboxylic acids is 1. The number of H-pyrrole nitrogens is 1. The van der Waals surface area contributed by atoms with E-state index in [1.165, 1.54) is 6.92 Å². The van der Waals surface area contributed by atoms with Crippen molar-refractivity contribution >= 4 is 11.7 Å². The van der Waals surface area contributed by atoms with Gasteiger partial charge in [-0.1, -0.05) is 6.07 Å².